The average Bonchev–Trinajstić information content (AvgIpc) is 2.89. The van der Waals surface area contributed by atoms with Gasteiger partial charge in [-0.3, -0.25) is 0 Å². The lowest BCUT2D eigenvalue weighted by Gasteiger charge is -2.13. The van der Waals surface area contributed by atoms with Crippen LogP contribution < -0.4 is 5.32 Å². The summed E-state index contributed by atoms with van der Waals surface area (Å²) in [6, 6.07) is 5.43. The number of benzene rings is 1. The lowest BCUT2D eigenvalue weighted by atomic mass is 10.2. The topological polar surface area (TPSA) is 29.9 Å². The van der Waals surface area contributed by atoms with Gasteiger partial charge in [-0.25, -0.2) is 9.37 Å². The normalized spacial score (nSPS) is 20.2. The standard InChI is InChI=1S/C12H13BrFN3/c13-12-16-10-5-1-4-9(14)11(10)17(12)7-8-3-2-6-15-8/h1,4-5,8,15H,2-3,6-7H2. The van der Waals surface area contributed by atoms with E-state index in [-0.39, 0.29) is 5.82 Å². The van der Waals surface area contributed by atoms with Crippen LogP contribution in [0.1, 0.15) is 12.8 Å². The van der Waals surface area contributed by atoms with Crippen LogP contribution in [0.15, 0.2) is 22.9 Å². The van der Waals surface area contributed by atoms with E-state index in [9.17, 15) is 4.39 Å². The first kappa shape index (κ1) is 11.2. The van der Waals surface area contributed by atoms with Crippen LogP contribution in [0.4, 0.5) is 4.39 Å². The summed E-state index contributed by atoms with van der Waals surface area (Å²) < 4.78 is 16.4. The third-order valence-electron chi connectivity index (χ3n) is 3.24. The van der Waals surface area contributed by atoms with Crippen LogP contribution in [0, 0.1) is 5.82 Å². The Hall–Kier alpha value is -0.940. The van der Waals surface area contributed by atoms with Crippen molar-refractivity contribution in [2.75, 3.05) is 6.54 Å². The molecule has 0 spiro atoms. The molecule has 1 aliphatic heterocycles. The van der Waals surface area contributed by atoms with Crippen molar-refractivity contribution in [2.24, 2.45) is 0 Å². The molecular weight excluding hydrogens is 285 g/mol. The van der Waals surface area contributed by atoms with Crippen molar-refractivity contribution in [3.63, 3.8) is 0 Å². The number of hydrogen-bond acceptors (Lipinski definition) is 2. The van der Waals surface area contributed by atoms with Gasteiger partial charge in [0.15, 0.2) is 4.73 Å². The van der Waals surface area contributed by atoms with Crippen molar-refractivity contribution in [1.82, 2.24) is 14.9 Å². The van der Waals surface area contributed by atoms with Gasteiger partial charge in [0.1, 0.15) is 11.3 Å². The van der Waals surface area contributed by atoms with Gasteiger partial charge in [-0.1, -0.05) is 6.07 Å². The molecule has 0 saturated carbocycles. The van der Waals surface area contributed by atoms with Crippen LogP contribution in [-0.2, 0) is 6.54 Å². The highest BCUT2D eigenvalue weighted by Crippen LogP contribution is 2.24. The van der Waals surface area contributed by atoms with E-state index in [0.717, 1.165) is 19.5 Å². The van der Waals surface area contributed by atoms with E-state index < -0.39 is 0 Å². The molecule has 0 aliphatic carbocycles. The quantitative estimate of drug-likeness (QED) is 0.924. The Labute approximate surface area is 107 Å². The SMILES string of the molecule is Fc1cccc2nc(Br)n(CC3CCCN3)c12. The second-order valence-corrected chi connectivity index (χ2v) is 5.10. The molecule has 3 rings (SSSR count). The maximum absolute atomic E-state index is 13.8. The van der Waals surface area contributed by atoms with Crippen LogP contribution in [0.2, 0.25) is 0 Å². The molecule has 90 valence electrons. The maximum atomic E-state index is 13.8. The predicted molar refractivity (Wildman–Crippen MR) is 68.4 cm³/mol. The van der Waals surface area contributed by atoms with Crippen molar-refractivity contribution in [3.8, 4) is 0 Å². The Kier molecular flexibility index (Phi) is 2.88. The van der Waals surface area contributed by atoms with Crippen molar-refractivity contribution in [3.05, 3.63) is 28.7 Å². The Morgan fingerprint density at radius 1 is 1.53 bits per heavy atom. The van der Waals surface area contributed by atoms with Gasteiger partial charge >= 0.3 is 0 Å². The average molecular weight is 298 g/mol. The van der Waals surface area contributed by atoms with Gasteiger partial charge in [0, 0.05) is 12.6 Å². The zero-order valence-electron chi connectivity index (χ0n) is 9.29. The Morgan fingerprint density at radius 2 is 2.41 bits per heavy atom. The number of rotatable bonds is 2. The molecule has 1 aliphatic rings. The van der Waals surface area contributed by atoms with Gasteiger partial charge in [0.05, 0.1) is 5.52 Å². The van der Waals surface area contributed by atoms with Crippen molar-refractivity contribution < 1.29 is 4.39 Å². The number of nitrogens with zero attached hydrogens (tertiary/aromatic N) is 2. The molecule has 0 bridgehead atoms. The van der Waals surface area contributed by atoms with Crippen molar-refractivity contribution >= 4 is 27.0 Å². The predicted octanol–water partition coefficient (Wildman–Crippen LogP) is 2.69. The summed E-state index contributed by atoms with van der Waals surface area (Å²) >= 11 is 3.41. The fourth-order valence-corrected chi connectivity index (χ4v) is 2.93. The highest BCUT2D eigenvalue weighted by Gasteiger charge is 2.19. The van der Waals surface area contributed by atoms with Gasteiger partial charge in [0.25, 0.3) is 0 Å². The van der Waals surface area contributed by atoms with E-state index in [2.05, 4.69) is 26.2 Å². The molecule has 0 radical (unpaired) electrons. The molecule has 1 saturated heterocycles. The van der Waals surface area contributed by atoms with Gasteiger partial charge in [-0.2, -0.15) is 0 Å². The lowest BCUT2D eigenvalue weighted by molar-refractivity contribution is 0.506. The largest absolute Gasteiger partial charge is 0.315 e. The van der Waals surface area contributed by atoms with E-state index in [0.29, 0.717) is 21.8 Å². The molecule has 2 aromatic rings. The summed E-state index contributed by atoms with van der Waals surface area (Å²) in [6.45, 7) is 1.81. The second kappa shape index (κ2) is 4.38. The summed E-state index contributed by atoms with van der Waals surface area (Å²) in [5.41, 5.74) is 1.29. The first-order chi connectivity index (χ1) is 8.25. The molecule has 1 unspecified atom stereocenters. The molecule has 17 heavy (non-hydrogen) atoms. The minimum atomic E-state index is -0.210. The zero-order valence-corrected chi connectivity index (χ0v) is 10.9. The molecule has 1 atom stereocenters. The summed E-state index contributed by atoms with van der Waals surface area (Å²) in [6.07, 6.45) is 2.33. The number of fused-ring (bicyclic) bond motifs is 1. The first-order valence-electron chi connectivity index (χ1n) is 5.79. The molecule has 2 heterocycles. The molecule has 0 amide bonds. The fourth-order valence-electron chi connectivity index (χ4n) is 2.41. The summed E-state index contributed by atoms with van der Waals surface area (Å²) in [5.74, 6) is -0.210. The third kappa shape index (κ3) is 1.98. The summed E-state index contributed by atoms with van der Waals surface area (Å²) in [7, 11) is 0. The molecule has 1 N–H and O–H groups in total. The molecule has 1 aromatic carbocycles. The second-order valence-electron chi connectivity index (χ2n) is 4.39. The molecule has 1 aromatic heterocycles. The number of imidazole rings is 1. The highest BCUT2D eigenvalue weighted by molar-refractivity contribution is 9.10. The van der Waals surface area contributed by atoms with Gasteiger partial charge < -0.3 is 9.88 Å². The minimum Gasteiger partial charge on any atom is -0.315 e. The van der Waals surface area contributed by atoms with E-state index in [1.807, 2.05) is 10.6 Å². The van der Waals surface area contributed by atoms with Gasteiger partial charge in [0.2, 0.25) is 0 Å². The Morgan fingerprint density at radius 3 is 3.18 bits per heavy atom. The third-order valence-corrected chi connectivity index (χ3v) is 3.84. The summed E-state index contributed by atoms with van der Waals surface area (Å²) in [4.78, 5) is 4.33. The number of hydrogen-bond donors (Lipinski definition) is 1. The smallest absolute Gasteiger partial charge is 0.178 e. The number of halogens is 2. The number of nitrogens with one attached hydrogen (secondary N) is 1. The molecule has 5 heteroatoms. The van der Waals surface area contributed by atoms with Crippen LogP contribution in [0.3, 0.4) is 0 Å². The van der Waals surface area contributed by atoms with Gasteiger partial charge in [-0.05, 0) is 47.4 Å². The Bertz CT molecular complexity index is 546. The summed E-state index contributed by atoms with van der Waals surface area (Å²) in [5, 5.41) is 3.41. The number of para-hydroxylation sites is 1. The monoisotopic (exact) mass is 297 g/mol. The van der Waals surface area contributed by atoms with E-state index in [1.165, 1.54) is 12.5 Å². The molecule has 3 nitrogen and oxygen atoms in total. The van der Waals surface area contributed by atoms with Gasteiger partial charge in [-0.15, -0.1) is 0 Å². The van der Waals surface area contributed by atoms with Crippen molar-refractivity contribution in [2.45, 2.75) is 25.4 Å². The highest BCUT2D eigenvalue weighted by atomic mass is 79.9. The van der Waals surface area contributed by atoms with Crippen LogP contribution >= 0.6 is 15.9 Å². The Balaban J connectivity index is 2.04. The van der Waals surface area contributed by atoms with Crippen LogP contribution in [0.25, 0.3) is 11.0 Å². The molecular formula is C12H13BrFN3. The van der Waals surface area contributed by atoms with E-state index in [1.54, 1.807) is 6.07 Å². The maximum Gasteiger partial charge on any atom is 0.178 e. The lowest BCUT2D eigenvalue weighted by Crippen LogP contribution is -2.26. The van der Waals surface area contributed by atoms with Crippen LogP contribution in [-0.4, -0.2) is 22.1 Å². The minimum absolute atomic E-state index is 0.210. The number of aromatic nitrogens is 2. The zero-order chi connectivity index (χ0) is 11.8. The van der Waals surface area contributed by atoms with E-state index >= 15 is 0 Å². The fraction of sp³-hybridized carbons (Fsp3) is 0.417. The van der Waals surface area contributed by atoms with Crippen LogP contribution in [0.5, 0.6) is 0 Å². The first-order valence-corrected chi connectivity index (χ1v) is 6.58. The van der Waals surface area contributed by atoms with E-state index in [4.69, 9.17) is 0 Å². The molecule has 1 fully saturated rings. The van der Waals surface area contributed by atoms with Crippen molar-refractivity contribution in [1.29, 1.82) is 0 Å².